The van der Waals surface area contributed by atoms with E-state index in [1.54, 1.807) is 0 Å². The minimum absolute atomic E-state index is 0.0322. The molecule has 21 heavy (non-hydrogen) atoms. The van der Waals surface area contributed by atoms with Gasteiger partial charge in [-0.2, -0.15) is 0 Å². The van der Waals surface area contributed by atoms with Gasteiger partial charge in [0.05, 0.1) is 0 Å². The Hall–Kier alpha value is -1.56. The van der Waals surface area contributed by atoms with Gasteiger partial charge in [0.15, 0.2) is 0 Å². The van der Waals surface area contributed by atoms with Gasteiger partial charge >= 0.3 is 0 Å². The Morgan fingerprint density at radius 3 is 2.95 bits per heavy atom. The van der Waals surface area contributed by atoms with Crippen molar-refractivity contribution in [1.82, 2.24) is 0 Å². The largest absolute Gasteiger partial charge is 0.385 e. The average Bonchev–Trinajstić information content (AvgIpc) is 2.50. The molecule has 0 radical (unpaired) electrons. The molecule has 3 nitrogen and oxygen atoms in total. The fraction of sp³-hybridized carbons (Fsp3) is 0.235. The molecule has 1 aliphatic heterocycles. The highest BCUT2D eigenvalue weighted by molar-refractivity contribution is 14.1. The Labute approximate surface area is 138 Å². The predicted molar refractivity (Wildman–Crippen MR) is 95.1 cm³/mol. The van der Waals surface area contributed by atoms with Crippen LogP contribution in [0.25, 0.3) is 0 Å². The lowest BCUT2D eigenvalue weighted by molar-refractivity contribution is 0.102. The molecule has 108 valence electrons. The van der Waals surface area contributed by atoms with Crippen LogP contribution in [0, 0.1) is 10.5 Å². The summed E-state index contributed by atoms with van der Waals surface area (Å²) in [5, 5.41) is 6.36. The van der Waals surface area contributed by atoms with Crippen LogP contribution in [-0.2, 0) is 6.42 Å². The normalized spacial score (nSPS) is 13.2. The van der Waals surface area contributed by atoms with E-state index < -0.39 is 0 Å². The fourth-order valence-electron chi connectivity index (χ4n) is 2.59. The second kappa shape index (κ2) is 6.05. The highest BCUT2D eigenvalue weighted by Gasteiger charge is 2.17. The zero-order valence-corrected chi connectivity index (χ0v) is 14.0. The molecule has 0 spiro atoms. The van der Waals surface area contributed by atoms with Gasteiger partial charge in [0.25, 0.3) is 5.91 Å². The summed E-state index contributed by atoms with van der Waals surface area (Å²) in [5.74, 6) is -0.0322. The SMILES string of the molecule is Cc1ccc(NC(=O)c2cccc3c2CCCN3)cc1I. The van der Waals surface area contributed by atoms with Crippen molar-refractivity contribution in [3.63, 3.8) is 0 Å². The smallest absolute Gasteiger partial charge is 0.256 e. The first-order valence-electron chi connectivity index (χ1n) is 7.08. The topological polar surface area (TPSA) is 41.1 Å². The summed E-state index contributed by atoms with van der Waals surface area (Å²) in [6.07, 6.45) is 2.02. The molecule has 0 bridgehead atoms. The van der Waals surface area contributed by atoms with Crippen molar-refractivity contribution in [2.24, 2.45) is 0 Å². The van der Waals surface area contributed by atoms with Crippen LogP contribution in [-0.4, -0.2) is 12.5 Å². The molecule has 1 aliphatic rings. The van der Waals surface area contributed by atoms with E-state index in [2.05, 4.69) is 40.1 Å². The van der Waals surface area contributed by atoms with Crippen LogP contribution in [0.2, 0.25) is 0 Å². The number of aryl methyl sites for hydroxylation is 1. The van der Waals surface area contributed by atoms with Crippen molar-refractivity contribution >= 4 is 39.9 Å². The lowest BCUT2D eigenvalue weighted by Gasteiger charge is -2.20. The van der Waals surface area contributed by atoms with Crippen LogP contribution in [0.5, 0.6) is 0 Å². The molecule has 1 amide bonds. The monoisotopic (exact) mass is 392 g/mol. The Bertz CT molecular complexity index is 697. The molecular formula is C17H17IN2O. The van der Waals surface area contributed by atoms with Gasteiger partial charge in [-0.15, -0.1) is 0 Å². The van der Waals surface area contributed by atoms with Crippen molar-refractivity contribution in [3.05, 3.63) is 56.7 Å². The number of carbonyl (C=O) groups excluding carboxylic acids is 1. The molecule has 2 aromatic rings. The molecule has 1 heterocycles. The Kier molecular flexibility index (Phi) is 4.14. The minimum atomic E-state index is -0.0322. The first-order chi connectivity index (χ1) is 10.1. The molecule has 0 atom stereocenters. The van der Waals surface area contributed by atoms with Crippen LogP contribution in [0.4, 0.5) is 11.4 Å². The molecule has 3 rings (SSSR count). The van der Waals surface area contributed by atoms with Gasteiger partial charge in [-0.1, -0.05) is 12.1 Å². The summed E-state index contributed by atoms with van der Waals surface area (Å²) in [6.45, 7) is 3.04. The molecule has 2 aromatic carbocycles. The van der Waals surface area contributed by atoms with Crippen LogP contribution in [0.1, 0.15) is 27.9 Å². The standard InChI is InChI=1S/C17H17IN2O/c1-11-7-8-12(10-15(11)18)20-17(21)14-4-2-6-16-13(14)5-3-9-19-16/h2,4,6-8,10,19H,3,5,9H2,1H3,(H,20,21). The fourth-order valence-corrected chi connectivity index (χ4v) is 3.11. The zero-order valence-electron chi connectivity index (χ0n) is 11.9. The summed E-state index contributed by atoms with van der Waals surface area (Å²) in [5.41, 5.74) is 5.05. The lowest BCUT2D eigenvalue weighted by atomic mass is 9.97. The number of nitrogens with one attached hydrogen (secondary N) is 2. The molecule has 0 fully saturated rings. The first-order valence-corrected chi connectivity index (χ1v) is 8.16. The van der Waals surface area contributed by atoms with E-state index in [4.69, 9.17) is 0 Å². The summed E-state index contributed by atoms with van der Waals surface area (Å²) in [6, 6.07) is 11.9. The number of hydrogen-bond donors (Lipinski definition) is 2. The second-order valence-electron chi connectivity index (χ2n) is 5.28. The Morgan fingerprint density at radius 1 is 1.29 bits per heavy atom. The van der Waals surface area contributed by atoms with Crippen molar-refractivity contribution in [1.29, 1.82) is 0 Å². The molecule has 0 saturated heterocycles. The minimum Gasteiger partial charge on any atom is -0.385 e. The van der Waals surface area contributed by atoms with Gasteiger partial charge in [-0.3, -0.25) is 4.79 Å². The van der Waals surface area contributed by atoms with Gasteiger partial charge in [0.2, 0.25) is 0 Å². The number of amides is 1. The maximum Gasteiger partial charge on any atom is 0.256 e. The molecule has 0 unspecified atom stereocenters. The van der Waals surface area contributed by atoms with Crippen molar-refractivity contribution < 1.29 is 4.79 Å². The van der Waals surface area contributed by atoms with E-state index in [-0.39, 0.29) is 5.91 Å². The van der Waals surface area contributed by atoms with Crippen LogP contribution in [0.15, 0.2) is 36.4 Å². The summed E-state index contributed by atoms with van der Waals surface area (Å²) in [7, 11) is 0. The summed E-state index contributed by atoms with van der Waals surface area (Å²) >= 11 is 2.28. The van der Waals surface area contributed by atoms with Gasteiger partial charge in [-0.05, 0) is 77.7 Å². The van der Waals surface area contributed by atoms with Gasteiger partial charge in [0, 0.05) is 27.1 Å². The summed E-state index contributed by atoms with van der Waals surface area (Å²) in [4.78, 5) is 12.5. The molecule has 0 aliphatic carbocycles. The second-order valence-corrected chi connectivity index (χ2v) is 6.44. The van der Waals surface area contributed by atoms with Crippen molar-refractivity contribution in [3.8, 4) is 0 Å². The molecule has 4 heteroatoms. The Balaban J connectivity index is 1.87. The van der Waals surface area contributed by atoms with Crippen molar-refractivity contribution in [2.75, 3.05) is 17.2 Å². The van der Waals surface area contributed by atoms with Crippen LogP contribution < -0.4 is 10.6 Å². The Morgan fingerprint density at radius 2 is 2.14 bits per heavy atom. The lowest BCUT2D eigenvalue weighted by Crippen LogP contribution is -2.19. The highest BCUT2D eigenvalue weighted by atomic mass is 127. The van der Waals surface area contributed by atoms with Crippen LogP contribution in [0.3, 0.4) is 0 Å². The quantitative estimate of drug-likeness (QED) is 0.752. The third-order valence-electron chi connectivity index (χ3n) is 3.77. The number of fused-ring (bicyclic) bond motifs is 1. The molecule has 0 aromatic heterocycles. The molecule has 0 saturated carbocycles. The van der Waals surface area contributed by atoms with E-state index in [0.29, 0.717) is 0 Å². The zero-order chi connectivity index (χ0) is 14.8. The number of benzene rings is 2. The number of carbonyl (C=O) groups is 1. The third-order valence-corrected chi connectivity index (χ3v) is 4.93. The first kappa shape index (κ1) is 14.4. The maximum absolute atomic E-state index is 12.5. The van der Waals surface area contributed by atoms with Crippen LogP contribution >= 0.6 is 22.6 Å². The predicted octanol–water partition coefficient (Wildman–Crippen LogP) is 4.21. The van der Waals surface area contributed by atoms with E-state index >= 15 is 0 Å². The molecular weight excluding hydrogens is 375 g/mol. The highest BCUT2D eigenvalue weighted by Crippen LogP contribution is 2.26. The van der Waals surface area contributed by atoms with E-state index in [9.17, 15) is 4.79 Å². The van der Waals surface area contributed by atoms with E-state index in [0.717, 1.165) is 45.5 Å². The summed E-state index contributed by atoms with van der Waals surface area (Å²) < 4.78 is 1.15. The maximum atomic E-state index is 12.5. The van der Waals surface area contributed by atoms with E-state index in [1.165, 1.54) is 5.56 Å². The number of hydrogen-bond acceptors (Lipinski definition) is 2. The van der Waals surface area contributed by atoms with Gasteiger partial charge in [-0.25, -0.2) is 0 Å². The van der Waals surface area contributed by atoms with Crippen molar-refractivity contribution in [2.45, 2.75) is 19.8 Å². The number of rotatable bonds is 2. The van der Waals surface area contributed by atoms with E-state index in [1.807, 2.05) is 36.4 Å². The van der Waals surface area contributed by atoms with Gasteiger partial charge < -0.3 is 10.6 Å². The average molecular weight is 392 g/mol. The molecule has 2 N–H and O–H groups in total. The number of halogens is 1. The number of anilines is 2. The third kappa shape index (κ3) is 3.05. The van der Waals surface area contributed by atoms with Gasteiger partial charge in [0.1, 0.15) is 0 Å².